The average Bonchev–Trinajstić information content (AvgIpc) is 2.99. The first kappa shape index (κ1) is 17.0. The second kappa shape index (κ2) is 6.95. The van der Waals surface area contributed by atoms with Crippen molar-refractivity contribution in [3.63, 3.8) is 0 Å². The predicted molar refractivity (Wildman–Crippen MR) is 98.7 cm³/mol. The summed E-state index contributed by atoms with van der Waals surface area (Å²) in [5, 5.41) is 3.08. The molecule has 1 aromatic carbocycles. The van der Waals surface area contributed by atoms with Crippen LogP contribution in [0.2, 0.25) is 0 Å². The molecule has 1 N–H and O–H groups in total. The summed E-state index contributed by atoms with van der Waals surface area (Å²) in [6, 6.07) is 10.3. The highest BCUT2D eigenvalue weighted by atomic mass is 32.1. The van der Waals surface area contributed by atoms with Gasteiger partial charge in [-0.15, -0.1) is 11.3 Å². The Morgan fingerprint density at radius 3 is 2.79 bits per heavy atom. The molecule has 0 fully saturated rings. The van der Waals surface area contributed by atoms with Gasteiger partial charge in [-0.05, 0) is 38.2 Å². The van der Waals surface area contributed by atoms with E-state index in [1.54, 1.807) is 11.3 Å². The van der Waals surface area contributed by atoms with Gasteiger partial charge in [0.25, 0.3) is 5.91 Å². The fourth-order valence-corrected chi connectivity index (χ4v) is 4.22. The summed E-state index contributed by atoms with van der Waals surface area (Å²) in [7, 11) is 4.10. The number of hydrogen-bond acceptors (Lipinski definition) is 4. The Kier molecular flexibility index (Phi) is 4.92. The Hall–Kier alpha value is -1.85. The molecule has 3 rings (SSSR count). The average molecular weight is 344 g/mol. The third-order valence-electron chi connectivity index (χ3n) is 4.45. The number of carbonyl (C=O) groups is 1. The van der Waals surface area contributed by atoms with E-state index in [4.69, 9.17) is 4.74 Å². The molecule has 0 spiro atoms. The summed E-state index contributed by atoms with van der Waals surface area (Å²) in [4.78, 5) is 16.6. The summed E-state index contributed by atoms with van der Waals surface area (Å²) in [5.74, 6) is 1.38. The van der Waals surface area contributed by atoms with Crippen LogP contribution in [0.5, 0.6) is 5.75 Å². The molecule has 4 nitrogen and oxygen atoms in total. The van der Waals surface area contributed by atoms with Gasteiger partial charge in [-0.3, -0.25) is 4.79 Å². The van der Waals surface area contributed by atoms with E-state index < -0.39 is 0 Å². The topological polar surface area (TPSA) is 41.6 Å². The highest BCUT2D eigenvalue weighted by Crippen LogP contribution is 2.42. The number of thiophene rings is 1. The maximum atomic E-state index is 12.6. The second-order valence-corrected chi connectivity index (χ2v) is 7.79. The van der Waals surface area contributed by atoms with E-state index in [9.17, 15) is 4.79 Å². The number of ether oxygens (including phenoxy) is 1. The van der Waals surface area contributed by atoms with E-state index in [0.29, 0.717) is 25.1 Å². The van der Waals surface area contributed by atoms with Gasteiger partial charge in [0.1, 0.15) is 12.4 Å². The lowest BCUT2D eigenvalue weighted by molar-refractivity contribution is 0.0938. The standard InChI is InChI=1S/C19H24N2O2S/c1-12(2)15(21(3)4)10-20-19(22)17-9-13-11-23-16-8-6-5-7-14(16)18(13)24-17/h5-9,12,15H,10-11H2,1-4H3,(H,20,22). The minimum atomic E-state index is -0.000573. The number of hydrogen-bond donors (Lipinski definition) is 1. The largest absolute Gasteiger partial charge is 0.488 e. The number of benzene rings is 1. The molecule has 1 aliphatic heterocycles. The molecule has 24 heavy (non-hydrogen) atoms. The molecule has 0 saturated carbocycles. The van der Waals surface area contributed by atoms with Crippen molar-refractivity contribution < 1.29 is 9.53 Å². The van der Waals surface area contributed by atoms with Crippen molar-refractivity contribution in [3.8, 4) is 16.2 Å². The molecule has 1 unspecified atom stereocenters. The Morgan fingerprint density at radius 1 is 1.33 bits per heavy atom. The number of likely N-dealkylation sites (N-methyl/N-ethyl adjacent to an activating group) is 1. The Morgan fingerprint density at radius 2 is 2.08 bits per heavy atom. The molecule has 1 aromatic heterocycles. The number of fused-ring (bicyclic) bond motifs is 3. The first-order chi connectivity index (χ1) is 11.5. The molecule has 0 aliphatic carbocycles. The van der Waals surface area contributed by atoms with Crippen LogP contribution < -0.4 is 10.1 Å². The summed E-state index contributed by atoms with van der Waals surface area (Å²) in [6.07, 6.45) is 0. The maximum absolute atomic E-state index is 12.6. The van der Waals surface area contributed by atoms with Crippen LogP contribution in [0.1, 0.15) is 29.1 Å². The minimum absolute atomic E-state index is 0.000573. The van der Waals surface area contributed by atoms with Crippen molar-refractivity contribution in [3.05, 3.63) is 40.8 Å². The number of carbonyl (C=O) groups excluding carboxylic acids is 1. The van der Waals surface area contributed by atoms with Gasteiger partial charge in [-0.25, -0.2) is 0 Å². The third-order valence-corrected chi connectivity index (χ3v) is 5.66. The lowest BCUT2D eigenvalue weighted by Crippen LogP contribution is -2.43. The monoisotopic (exact) mass is 344 g/mol. The van der Waals surface area contributed by atoms with Crippen LogP contribution >= 0.6 is 11.3 Å². The van der Waals surface area contributed by atoms with Gasteiger partial charge in [-0.2, -0.15) is 0 Å². The number of nitrogens with one attached hydrogen (secondary N) is 1. The van der Waals surface area contributed by atoms with Gasteiger partial charge in [0.05, 0.1) is 4.88 Å². The SMILES string of the molecule is CC(C)C(CNC(=O)c1cc2c(s1)-c1ccccc1OC2)N(C)C. The Labute approximate surface area is 147 Å². The van der Waals surface area contributed by atoms with Crippen LogP contribution in [0.4, 0.5) is 0 Å². The van der Waals surface area contributed by atoms with Gasteiger partial charge >= 0.3 is 0 Å². The summed E-state index contributed by atoms with van der Waals surface area (Å²) in [5.41, 5.74) is 2.17. The lowest BCUT2D eigenvalue weighted by atomic mass is 10.0. The molecule has 0 radical (unpaired) electrons. The van der Waals surface area contributed by atoms with Gasteiger partial charge in [-0.1, -0.05) is 26.0 Å². The van der Waals surface area contributed by atoms with Crippen molar-refractivity contribution in [2.24, 2.45) is 5.92 Å². The zero-order valence-electron chi connectivity index (χ0n) is 14.6. The van der Waals surface area contributed by atoms with Gasteiger partial charge in [0.15, 0.2) is 0 Å². The molecular weight excluding hydrogens is 320 g/mol. The number of nitrogens with zero attached hydrogens (tertiary/aromatic N) is 1. The van der Waals surface area contributed by atoms with Crippen molar-refractivity contribution in [1.82, 2.24) is 10.2 Å². The predicted octanol–water partition coefficient (Wildman–Crippen LogP) is 3.62. The quantitative estimate of drug-likeness (QED) is 0.901. The molecule has 1 amide bonds. The van der Waals surface area contributed by atoms with E-state index in [1.807, 2.05) is 30.3 Å². The van der Waals surface area contributed by atoms with E-state index >= 15 is 0 Å². The summed E-state index contributed by atoms with van der Waals surface area (Å²) < 4.78 is 5.77. The minimum Gasteiger partial charge on any atom is -0.488 e. The number of para-hydroxylation sites is 1. The highest BCUT2D eigenvalue weighted by molar-refractivity contribution is 7.17. The van der Waals surface area contributed by atoms with Crippen LogP contribution in [-0.2, 0) is 6.61 Å². The van der Waals surface area contributed by atoms with E-state index in [1.165, 1.54) is 0 Å². The molecule has 0 bridgehead atoms. The first-order valence-electron chi connectivity index (χ1n) is 8.27. The van der Waals surface area contributed by atoms with Gasteiger partial charge in [0, 0.05) is 28.6 Å². The molecular formula is C19H24N2O2S. The van der Waals surface area contributed by atoms with Crippen LogP contribution in [0.3, 0.4) is 0 Å². The summed E-state index contributed by atoms with van der Waals surface area (Å²) >= 11 is 1.55. The van der Waals surface area contributed by atoms with E-state index in [0.717, 1.165) is 26.6 Å². The Balaban J connectivity index is 1.75. The van der Waals surface area contributed by atoms with Gasteiger partial charge in [0.2, 0.25) is 0 Å². The number of amides is 1. The smallest absolute Gasteiger partial charge is 0.261 e. The van der Waals surface area contributed by atoms with Crippen LogP contribution in [0, 0.1) is 5.92 Å². The Bertz CT molecular complexity index is 729. The van der Waals surface area contributed by atoms with Crippen molar-refractivity contribution >= 4 is 17.2 Å². The molecule has 2 aromatic rings. The van der Waals surface area contributed by atoms with Crippen molar-refractivity contribution in [2.45, 2.75) is 26.5 Å². The summed E-state index contributed by atoms with van der Waals surface area (Å²) in [6.45, 7) is 5.53. The normalized spacial score (nSPS) is 14.1. The van der Waals surface area contributed by atoms with Crippen molar-refractivity contribution in [1.29, 1.82) is 0 Å². The van der Waals surface area contributed by atoms with Crippen molar-refractivity contribution in [2.75, 3.05) is 20.6 Å². The molecule has 1 atom stereocenters. The third kappa shape index (κ3) is 3.32. The number of rotatable bonds is 5. The highest BCUT2D eigenvalue weighted by Gasteiger charge is 2.23. The van der Waals surface area contributed by atoms with E-state index in [-0.39, 0.29) is 5.91 Å². The van der Waals surface area contributed by atoms with E-state index in [2.05, 4.69) is 38.2 Å². The zero-order chi connectivity index (χ0) is 17.3. The molecule has 1 aliphatic rings. The zero-order valence-corrected chi connectivity index (χ0v) is 15.4. The van der Waals surface area contributed by atoms with Crippen LogP contribution in [0.15, 0.2) is 30.3 Å². The first-order valence-corrected chi connectivity index (χ1v) is 9.08. The second-order valence-electron chi connectivity index (χ2n) is 6.73. The van der Waals surface area contributed by atoms with Gasteiger partial charge < -0.3 is 15.0 Å². The fourth-order valence-electron chi connectivity index (χ4n) is 3.11. The lowest BCUT2D eigenvalue weighted by Gasteiger charge is -2.27. The molecule has 128 valence electrons. The molecule has 5 heteroatoms. The molecule has 0 saturated heterocycles. The van der Waals surface area contributed by atoms with Crippen LogP contribution in [-0.4, -0.2) is 37.5 Å². The molecule has 2 heterocycles. The fraction of sp³-hybridized carbons (Fsp3) is 0.421. The van der Waals surface area contributed by atoms with Crippen LogP contribution in [0.25, 0.3) is 10.4 Å². The maximum Gasteiger partial charge on any atom is 0.261 e.